The van der Waals surface area contributed by atoms with Gasteiger partial charge in [-0.3, -0.25) is 9.69 Å². The Hall–Kier alpha value is -3.29. The van der Waals surface area contributed by atoms with Gasteiger partial charge in [-0.15, -0.1) is 0 Å². The highest BCUT2D eigenvalue weighted by atomic mass is 28.3. The summed E-state index contributed by atoms with van der Waals surface area (Å²) >= 11 is 0. The van der Waals surface area contributed by atoms with Gasteiger partial charge in [-0.25, -0.2) is 0 Å². The summed E-state index contributed by atoms with van der Waals surface area (Å²) < 4.78 is 0. The van der Waals surface area contributed by atoms with E-state index >= 15 is 0 Å². The van der Waals surface area contributed by atoms with Crippen LogP contribution in [0.15, 0.2) is 78.9 Å². The molecule has 0 N–H and O–H groups in total. The number of carbonyl (C=O) groups is 1. The lowest BCUT2D eigenvalue weighted by molar-refractivity contribution is 0.0769. The largest absolute Gasteiger partial charge is 0.369 e. The van der Waals surface area contributed by atoms with Crippen LogP contribution < -0.4 is 19.9 Å². The van der Waals surface area contributed by atoms with E-state index in [0.29, 0.717) is 0 Å². The van der Waals surface area contributed by atoms with Crippen molar-refractivity contribution in [3.63, 3.8) is 0 Å². The van der Waals surface area contributed by atoms with E-state index < -0.39 is 8.07 Å². The van der Waals surface area contributed by atoms with Gasteiger partial charge in [0, 0.05) is 82.1 Å². The number of fused-ring (bicyclic) bond motifs is 1. The van der Waals surface area contributed by atoms with Crippen LogP contribution in [0.5, 0.6) is 0 Å². The molecular formula is C33H43N5OSi. The van der Waals surface area contributed by atoms with Gasteiger partial charge in [-0.2, -0.15) is 0 Å². The summed E-state index contributed by atoms with van der Waals surface area (Å²) in [6.45, 7) is 14.9. The number of benzene rings is 3. The second kappa shape index (κ2) is 11.7. The SMILES string of the molecule is C[Si]1(C)CN(CCCN2CCN(c3ccccc3)CC2)C(=O)c2c(N3CCN(c4ccccc4)CC3)cccc21. The van der Waals surface area contributed by atoms with Gasteiger partial charge in [0.05, 0.1) is 5.56 Å². The molecule has 3 aliphatic heterocycles. The third-order valence-electron chi connectivity index (χ3n) is 9.00. The summed E-state index contributed by atoms with van der Waals surface area (Å²) in [7, 11) is -1.77. The molecule has 6 nitrogen and oxygen atoms in total. The van der Waals surface area contributed by atoms with E-state index in [1.807, 2.05) is 0 Å². The number of carbonyl (C=O) groups excluding carboxylic acids is 1. The van der Waals surface area contributed by atoms with Gasteiger partial charge in [0.15, 0.2) is 0 Å². The molecule has 0 spiro atoms. The van der Waals surface area contributed by atoms with Crippen molar-refractivity contribution in [1.82, 2.24) is 9.80 Å². The molecule has 0 unspecified atom stereocenters. The number of nitrogens with zero attached hydrogens (tertiary/aromatic N) is 5. The minimum Gasteiger partial charge on any atom is -0.369 e. The Balaban J connectivity index is 1.08. The van der Waals surface area contributed by atoms with Gasteiger partial charge < -0.3 is 19.6 Å². The smallest absolute Gasteiger partial charge is 0.255 e. The highest BCUT2D eigenvalue weighted by Gasteiger charge is 2.40. The second-order valence-corrected chi connectivity index (χ2v) is 16.8. The molecule has 3 heterocycles. The summed E-state index contributed by atoms with van der Waals surface area (Å²) in [6.07, 6.45) is 1.96. The van der Waals surface area contributed by atoms with Crippen molar-refractivity contribution in [1.29, 1.82) is 0 Å². The summed E-state index contributed by atoms with van der Waals surface area (Å²) in [5.74, 6) is 0.247. The van der Waals surface area contributed by atoms with E-state index in [9.17, 15) is 4.79 Å². The molecule has 2 fully saturated rings. The van der Waals surface area contributed by atoms with E-state index in [1.165, 1.54) is 16.6 Å². The number of hydrogen-bond acceptors (Lipinski definition) is 5. The first-order valence-corrected chi connectivity index (χ1v) is 18.2. The van der Waals surface area contributed by atoms with Gasteiger partial charge in [0.2, 0.25) is 0 Å². The zero-order valence-electron chi connectivity index (χ0n) is 24.1. The van der Waals surface area contributed by atoms with Crippen molar-refractivity contribution >= 4 is 36.2 Å². The van der Waals surface area contributed by atoms with E-state index in [1.54, 1.807) is 0 Å². The highest BCUT2D eigenvalue weighted by Crippen LogP contribution is 2.29. The number of para-hydroxylation sites is 2. The molecule has 40 heavy (non-hydrogen) atoms. The number of anilines is 3. The van der Waals surface area contributed by atoms with Crippen molar-refractivity contribution < 1.29 is 4.79 Å². The molecule has 3 aromatic carbocycles. The van der Waals surface area contributed by atoms with Crippen LogP contribution in [0.3, 0.4) is 0 Å². The van der Waals surface area contributed by atoms with E-state index in [4.69, 9.17) is 0 Å². The number of piperazine rings is 2. The Labute approximate surface area is 240 Å². The highest BCUT2D eigenvalue weighted by molar-refractivity contribution is 6.91. The average molecular weight is 554 g/mol. The molecule has 0 radical (unpaired) electrons. The van der Waals surface area contributed by atoms with Gasteiger partial charge in [0.25, 0.3) is 5.91 Å². The van der Waals surface area contributed by atoms with Crippen molar-refractivity contribution in [2.75, 3.05) is 86.3 Å². The predicted octanol–water partition coefficient (Wildman–Crippen LogP) is 4.14. The fourth-order valence-corrected chi connectivity index (χ4v) is 9.65. The molecule has 0 aromatic heterocycles. The molecule has 1 amide bonds. The molecule has 3 aromatic rings. The van der Waals surface area contributed by atoms with Crippen LogP contribution in [0, 0.1) is 0 Å². The normalized spacial score (nSPS) is 19.6. The summed E-state index contributed by atoms with van der Waals surface area (Å²) in [4.78, 5) is 26.2. The van der Waals surface area contributed by atoms with Crippen LogP contribution in [0.4, 0.5) is 17.1 Å². The quantitative estimate of drug-likeness (QED) is 0.411. The van der Waals surface area contributed by atoms with Gasteiger partial charge in [-0.1, -0.05) is 61.6 Å². The first-order chi connectivity index (χ1) is 19.5. The minimum absolute atomic E-state index is 0.247. The van der Waals surface area contributed by atoms with Crippen LogP contribution in [0.2, 0.25) is 13.1 Å². The van der Waals surface area contributed by atoms with Crippen molar-refractivity contribution in [2.24, 2.45) is 0 Å². The van der Waals surface area contributed by atoms with Crippen molar-refractivity contribution in [2.45, 2.75) is 19.5 Å². The molecule has 6 rings (SSSR count). The molecule has 0 atom stereocenters. The molecule has 7 heteroatoms. The number of rotatable bonds is 7. The topological polar surface area (TPSA) is 33.3 Å². The van der Waals surface area contributed by atoms with Crippen LogP contribution in [-0.2, 0) is 0 Å². The van der Waals surface area contributed by atoms with Gasteiger partial charge >= 0.3 is 0 Å². The fraction of sp³-hybridized carbons (Fsp3) is 0.424. The minimum atomic E-state index is -1.77. The lowest BCUT2D eigenvalue weighted by atomic mass is 10.1. The van der Waals surface area contributed by atoms with Crippen LogP contribution in [0.25, 0.3) is 0 Å². The first-order valence-electron chi connectivity index (χ1n) is 15.0. The molecular weight excluding hydrogens is 510 g/mol. The molecule has 0 aliphatic carbocycles. The molecule has 0 bridgehead atoms. The summed E-state index contributed by atoms with van der Waals surface area (Å²) in [6, 6.07) is 28.0. The van der Waals surface area contributed by atoms with E-state index in [-0.39, 0.29) is 5.91 Å². The summed E-state index contributed by atoms with van der Waals surface area (Å²) in [5, 5.41) is 1.34. The maximum absolute atomic E-state index is 14.0. The monoisotopic (exact) mass is 553 g/mol. The standard InChI is InChI=1S/C33H43N5OSi/c1-40(2)27-38(18-10-17-34-19-21-35(22-20-34)28-11-5-3-6-12-28)33(39)32-30(15-9-16-31(32)40)37-25-23-36(24-26-37)29-13-7-4-8-14-29/h3-9,11-16H,10,17-27H2,1-2H3. The third-order valence-corrected chi connectivity index (χ3v) is 12.0. The van der Waals surface area contributed by atoms with Crippen LogP contribution in [-0.4, -0.2) is 95.4 Å². The zero-order chi connectivity index (χ0) is 27.5. The Bertz CT molecular complexity index is 1280. The predicted molar refractivity (Wildman–Crippen MR) is 170 cm³/mol. The third kappa shape index (κ3) is 5.63. The maximum atomic E-state index is 14.0. The lowest BCUT2D eigenvalue weighted by Gasteiger charge is -2.43. The van der Waals surface area contributed by atoms with Gasteiger partial charge in [0.1, 0.15) is 8.07 Å². The molecule has 3 aliphatic rings. The Morgan fingerprint density at radius 3 is 1.77 bits per heavy atom. The van der Waals surface area contributed by atoms with Crippen molar-refractivity contribution in [3.05, 3.63) is 84.4 Å². The zero-order valence-corrected chi connectivity index (χ0v) is 25.1. The van der Waals surface area contributed by atoms with E-state index in [2.05, 4.69) is 116 Å². The second-order valence-electron chi connectivity index (χ2n) is 12.1. The van der Waals surface area contributed by atoms with Gasteiger partial charge in [-0.05, 0) is 48.5 Å². The molecule has 2 saturated heterocycles. The average Bonchev–Trinajstić information content (AvgIpc) is 3.00. The molecule has 210 valence electrons. The van der Waals surface area contributed by atoms with E-state index in [0.717, 1.165) is 89.3 Å². The lowest BCUT2D eigenvalue weighted by Crippen LogP contribution is -2.61. The first kappa shape index (κ1) is 26.9. The maximum Gasteiger partial charge on any atom is 0.255 e. The number of amides is 1. The Morgan fingerprint density at radius 1 is 0.625 bits per heavy atom. The fourth-order valence-electron chi connectivity index (χ4n) is 6.76. The number of hydrogen-bond donors (Lipinski definition) is 0. The molecule has 0 saturated carbocycles. The Morgan fingerprint density at radius 2 is 1.18 bits per heavy atom. The van der Waals surface area contributed by atoms with Crippen LogP contribution in [0.1, 0.15) is 16.8 Å². The Kier molecular flexibility index (Phi) is 7.85. The van der Waals surface area contributed by atoms with Crippen molar-refractivity contribution in [3.8, 4) is 0 Å². The van der Waals surface area contributed by atoms with Crippen LogP contribution >= 0.6 is 0 Å². The summed E-state index contributed by atoms with van der Waals surface area (Å²) in [5.41, 5.74) is 4.76.